The number of sulfone groups is 1. The molecule has 2 N–H and O–H groups in total. The lowest BCUT2D eigenvalue weighted by atomic mass is 10.2. The molecule has 0 aromatic heterocycles. The van der Waals surface area contributed by atoms with E-state index in [-0.39, 0.29) is 35.3 Å². The van der Waals surface area contributed by atoms with Crippen molar-refractivity contribution in [3.8, 4) is 0 Å². The number of rotatable bonds is 7. The van der Waals surface area contributed by atoms with Gasteiger partial charge in [-0.3, -0.25) is 9.59 Å². The van der Waals surface area contributed by atoms with Crippen molar-refractivity contribution in [2.45, 2.75) is 24.8 Å². The Morgan fingerprint density at radius 2 is 1.62 bits per heavy atom. The Bertz CT molecular complexity index is 878. The lowest BCUT2D eigenvalue weighted by molar-refractivity contribution is -0.120. The first-order valence-electron chi connectivity index (χ1n) is 7.88. The van der Waals surface area contributed by atoms with Gasteiger partial charge in [0.05, 0.1) is 10.6 Å². The topological polar surface area (TPSA) is 92.3 Å². The Hall–Kier alpha value is -2.74. The molecule has 26 heavy (non-hydrogen) atoms. The van der Waals surface area contributed by atoms with Crippen LogP contribution in [-0.4, -0.2) is 26.0 Å². The van der Waals surface area contributed by atoms with Crippen LogP contribution >= 0.6 is 0 Å². The molecule has 0 aliphatic carbocycles. The Morgan fingerprint density at radius 1 is 1.00 bits per heavy atom. The minimum atomic E-state index is -3.61. The van der Waals surface area contributed by atoms with Crippen LogP contribution in [0.4, 0.5) is 10.1 Å². The second-order valence-electron chi connectivity index (χ2n) is 5.68. The van der Waals surface area contributed by atoms with E-state index in [1.807, 2.05) is 0 Å². The average molecular weight is 378 g/mol. The van der Waals surface area contributed by atoms with Crippen molar-refractivity contribution in [2.75, 3.05) is 11.1 Å². The first kappa shape index (κ1) is 19.6. The zero-order valence-corrected chi connectivity index (χ0v) is 15.0. The lowest BCUT2D eigenvalue weighted by Gasteiger charge is -2.08. The van der Waals surface area contributed by atoms with Crippen LogP contribution in [0.3, 0.4) is 0 Å². The molecule has 8 heteroatoms. The standard InChI is InChI=1S/C18H19FN2O4S/c1-13(22)21-16-6-8-17(9-7-16)26(24,25)11-10-18(23)20-12-14-2-4-15(19)5-3-14/h2-9H,10-12H2,1H3,(H,20,23)(H,21,22). The molecule has 2 aromatic carbocycles. The van der Waals surface area contributed by atoms with Crippen molar-refractivity contribution >= 4 is 27.3 Å². The maximum Gasteiger partial charge on any atom is 0.221 e. The van der Waals surface area contributed by atoms with Crippen LogP contribution in [0.1, 0.15) is 18.9 Å². The molecule has 0 fully saturated rings. The van der Waals surface area contributed by atoms with Gasteiger partial charge in [0.2, 0.25) is 11.8 Å². The molecule has 0 atom stereocenters. The Kier molecular flexibility index (Phi) is 6.46. The maximum absolute atomic E-state index is 12.8. The molecule has 0 radical (unpaired) electrons. The van der Waals surface area contributed by atoms with Gasteiger partial charge in [-0.05, 0) is 42.0 Å². The molecular weight excluding hydrogens is 359 g/mol. The van der Waals surface area contributed by atoms with E-state index < -0.39 is 15.7 Å². The second kappa shape index (κ2) is 8.57. The number of carbonyl (C=O) groups is 2. The van der Waals surface area contributed by atoms with E-state index >= 15 is 0 Å². The Balaban J connectivity index is 1.87. The van der Waals surface area contributed by atoms with E-state index in [2.05, 4.69) is 10.6 Å². The summed E-state index contributed by atoms with van der Waals surface area (Å²) in [6.07, 6.45) is -0.184. The minimum absolute atomic E-state index is 0.0814. The number of anilines is 1. The third-order valence-electron chi connectivity index (χ3n) is 3.53. The van der Waals surface area contributed by atoms with E-state index in [0.717, 1.165) is 5.56 Å². The summed E-state index contributed by atoms with van der Waals surface area (Å²) in [7, 11) is -3.61. The van der Waals surface area contributed by atoms with Crippen molar-refractivity contribution in [3.05, 3.63) is 59.9 Å². The molecule has 6 nitrogen and oxygen atoms in total. The Morgan fingerprint density at radius 3 is 2.19 bits per heavy atom. The minimum Gasteiger partial charge on any atom is -0.352 e. The monoisotopic (exact) mass is 378 g/mol. The van der Waals surface area contributed by atoms with Gasteiger partial charge in [0.25, 0.3) is 0 Å². The van der Waals surface area contributed by atoms with Crippen LogP contribution in [0.15, 0.2) is 53.4 Å². The van der Waals surface area contributed by atoms with E-state index in [0.29, 0.717) is 5.69 Å². The largest absolute Gasteiger partial charge is 0.352 e. The SMILES string of the molecule is CC(=O)Nc1ccc(S(=O)(=O)CCC(=O)NCc2ccc(F)cc2)cc1. The third-order valence-corrected chi connectivity index (χ3v) is 5.27. The molecule has 138 valence electrons. The summed E-state index contributed by atoms with van der Waals surface area (Å²) in [6, 6.07) is 11.4. The molecule has 0 spiro atoms. The summed E-state index contributed by atoms with van der Waals surface area (Å²) in [5, 5.41) is 5.15. The van der Waals surface area contributed by atoms with Crippen LogP contribution in [0.5, 0.6) is 0 Å². The fraction of sp³-hybridized carbons (Fsp3) is 0.222. The van der Waals surface area contributed by atoms with E-state index in [1.54, 1.807) is 12.1 Å². The number of halogens is 1. The first-order chi connectivity index (χ1) is 12.3. The molecular formula is C18H19FN2O4S. The molecule has 0 unspecified atom stereocenters. The van der Waals surface area contributed by atoms with Gasteiger partial charge in [0.1, 0.15) is 5.82 Å². The van der Waals surface area contributed by atoms with Crippen LogP contribution in [0, 0.1) is 5.82 Å². The van der Waals surface area contributed by atoms with E-state index in [1.165, 1.54) is 43.3 Å². The molecule has 0 saturated carbocycles. The number of amides is 2. The van der Waals surface area contributed by atoms with Crippen LogP contribution < -0.4 is 10.6 Å². The molecule has 0 heterocycles. The highest BCUT2D eigenvalue weighted by Crippen LogP contribution is 2.16. The first-order valence-corrected chi connectivity index (χ1v) is 9.53. The fourth-order valence-corrected chi connectivity index (χ4v) is 3.43. The van der Waals surface area contributed by atoms with Gasteiger partial charge in [-0.2, -0.15) is 0 Å². The van der Waals surface area contributed by atoms with Gasteiger partial charge in [-0.25, -0.2) is 12.8 Å². The third kappa shape index (κ3) is 5.96. The number of nitrogens with one attached hydrogen (secondary N) is 2. The van der Waals surface area contributed by atoms with Gasteiger partial charge >= 0.3 is 0 Å². The molecule has 0 bridgehead atoms. The quantitative estimate of drug-likeness (QED) is 0.773. The summed E-state index contributed by atoms with van der Waals surface area (Å²) in [4.78, 5) is 22.9. The van der Waals surface area contributed by atoms with Gasteiger partial charge in [0, 0.05) is 25.6 Å². The van der Waals surface area contributed by atoms with Crippen LogP contribution in [-0.2, 0) is 26.0 Å². The van der Waals surface area contributed by atoms with Crippen molar-refractivity contribution in [1.82, 2.24) is 5.32 Å². The highest BCUT2D eigenvalue weighted by molar-refractivity contribution is 7.91. The van der Waals surface area contributed by atoms with E-state index in [4.69, 9.17) is 0 Å². The Labute approximate surface area is 151 Å². The zero-order chi connectivity index (χ0) is 19.2. The average Bonchev–Trinajstić information content (AvgIpc) is 2.59. The molecule has 2 amide bonds. The van der Waals surface area contributed by atoms with Gasteiger partial charge in [-0.15, -0.1) is 0 Å². The number of hydrogen-bond donors (Lipinski definition) is 2. The highest BCUT2D eigenvalue weighted by Gasteiger charge is 2.16. The van der Waals surface area contributed by atoms with Crippen molar-refractivity contribution in [3.63, 3.8) is 0 Å². The van der Waals surface area contributed by atoms with Gasteiger partial charge in [0.15, 0.2) is 9.84 Å². The molecule has 0 aliphatic rings. The normalized spacial score (nSPS) is 11.0. The molecule has 0 aliphatic heterocycles. The van der Waals surface area contributed by atoms with E-state index in [9.17, 15) is 22.4 Å². The van der Waals surface area contributed by atoms with Crippen molar-refractivity contribution < 1.29 is 22.4 Å². The van der Waals surface area contributed by atoms with Crippen molar-refractivity contribution in [2.24, 2.45) is 0 Å². The maximum atomic E-state index is 12.8. The summed E-state index contributed by atoms with van der Waals surface area (Å²) in [6.45, 7) is 1.56. The van der Waals surface area contributed by atoms with Gasteiger partial charge in [-0.1, -0.05) is 12.1 Å². The van der Waals surface area contributed by atoms with Crippen molar-refractivity contribution in [1.29, 1.82) is 0 Å². The predicted molar refractivity (Wildman–Crippen MR) is 95.7 cm³/mol. The number of carbonyl (C=O) groups excluding carboxylic acids is 2. The summed E-state index contributed by atoms with van der Waals surface area (Å²) >= 11 is 0. The number of benzene rings is 2. The summed E-state index contributed by atoms with van der Waals surface area (Å²) < 4.78 is 37.4. The number of hydrogen-bond acceptors (Lipinski definition) is 4. The summed E-state index contributed by atoms with van der Waals surface area (Å²) in [5.74, 6) is -1.36. The second-order valence-corrected chi connectivity index (χ2v) is 7.79. The molecule has 2 rings (SSSR count). The molecule has 2 aromatic rings. The van der Waals surface area contributed by atoms with Gasteiger partial charge < -0.3 is 10.6 Å². The van der Waals surface area contributed by atoms with Crippen LogP contribution in [0.2, 0.25) is 0 Å². The predicted octanol–water partition coefficient (Wildman–Crippen LogP) is 2.26. The lowest BCUT2D eigenvalue weighted by Crippen LogP contribution is -2.25. The van der Waals surface area contributed by atoms with Crippen LogP contribution in [0.25, 0.3) is 0 Å². The molecule has 0 saturated heterocycles. The fourth-order valence-electron chi connectivity index (χ4n) is 2.19. The zero-order valence-electron chi connectivity index (χ0n) is 14.2. The smallest absolute Gasteiger partial charge is 0.221 e. The summed E-state index contributed by atoms with van der Waals surface area (Å²) in [5.41, 5.74) is 1.21. The highest BCUT2D eigenvalue weighted by atomic mass is 32.2.